The molecule has 0 N–H and O–H groups in total. The number of piperazine rings is 1. The maximum Gasteiger partial charge on any atom is 0.175 e. The predicted octanol–water partition coefficient (Wildman–Crippen LogP) is 2.48. The second-order valence-corrected chi connectivity index (χ2v) is 6.52. The average Bonchev–Trinajstić information content (AvgIpc) is 3.09. The van der Waals surface area contributed by atoms with Crippen molar-refractivity contribution in [1.29, 1.82) is 0 Å². The molecule has 1 saturated heterocycles. The van der Waals surface area contributed by atoms with Crippen LogP contribution in [0.3, 0.4) is 0 Å². The molecule has 26 heavy (non-hydrogen) atoms. The summed E-state index contributed by atoms with van der Waals surface area (Å²) in [5, 5.41) is 13.2. The largest absolute Gasteiger partial charge is 0.352 e. The summed E-state index contributed by atoms with van der Waals surface area (Å²) in [4.78, 5) is 8.14. The summed E-state index contributed by atoms with van der Waals surface area (Å²) in [6.07, 6.45) is 3.32. The van der Waals surface area contributed by atoms with Gasteiger partial charge in [-0.3, -0.25) is 0 Å². The molecule has 1 aliphatic heterocycles. The van der Waals surface area contributed by atoms with Gasteiger partial charge >= 0.3 is 0 Å². The zero-order valence-electron chi connectivity index (χ0n) is 14.2. The first kappa shape index (κ1) is 16.7. The first-order valence-electron chi connectivity index (χ1n) is 8.27. The highest BCUT2D eigenvalue weighted by molar-refractivity contribution is 6.30. The van der Waals surface area contributed by atoms with E-state index >= 15 is 0 Å². The van der Waals surface area contributed by atoms with Gasteiger partial charge in [-0.1, -0.05) is 11.6 Å². The van der Waals surface area contributed by atoms with E-state index in [9.17, 15) is 4.39 Å². The molecule has 7 nitrogen and oxygen atoms in total. The molecule has 0 amide bonds. The molecule has 9 heteroatoms. The van der Waals surface area contributed by atoms with Crippen LogP contribution in [0.15, 0.2) is 36.7 Å². The van der Waals surface area contributed by atoms with Gasteiger partial charge in [0.25, 0.3) is 0 Å². The average molecular weight is 374 g/mol. The molecule has 3 aromatic heterocycles. The number of hydrogen-bond donors (Lipinski definition) is 0. The van der Waals surface area contributed by atoms with E-state index in [1.54, 1.807) is 4.68 Å². The second-order valence-electron chi connectivity index (χ2n) is 6.08. The number of hydrogen-bond acceptors (Lipinski definition) is 6. The standard InChI is InChI=1S/C17H17ClFN7/c1-12-4-5-26(23-12)16-3-2-15(21-22-16)24-6-8-25(9-7-24)17-14(19)10-13(18)11-20-17/h2-5,10-11H,6-9H2,1H3. The van der Waals surface area contributed by atoms with Crippen LogP contribution < -0.4 is 9.80 Å². The van der Waals surface area contributed by atoms with Crippen LogP contribution in [0.2, 0.25) is 5.02 Å². The highest BCUT2D eigenvalue weighted by atomic mass is 35.5. The van der Waals surface area contributed by atoms with Gasteiger partial charge in [0, 0.05) is 38.6 Å². The maximum atomic E-state index is 14.0. The van der Waals surface area contributed by atoms with Crippen molar-refractivity contribution in [2.45, 2.75) is 6.92 Å². The quantitative estimate of drug-likeness (QED) is 0.703. The Hall–Kier alpha value is -2.74. The van der Waals surface area contributed by atoms with Gasteiger partial charge < -0.3 is 9.80 Å². The van der Waals surface area contributed by atoms with Crippen molar-refractivity contribution in [3.8, 4) is 5.82 Å². The van der Waals surface area contributed by atoms with E-state index in [4.69, 9.17) is 11.6 Å². The lowest BCUT2D eigenvalue weighted by atomic mass is 10.3. The third-order valence-corrected chi connectivity index (χ3v) is 4.49. The minimum Gasteiger partial charge on any atom is -0.352 e. The molecular formula is C17H17ClFN7. The molecule has 0 atom stereocenters. The van der Waals surface area contributed by atoms with E-state index in [-0.39, 0.29) is 0 Å². The Balaban J connectivity index is 1.43. The summed E-state index contributed by atoms with van der Waals surface area (Å²) in [5.74, 6) is 1.41. The molecule has 0 aliphatic carbocycles. The molecule has 0 spiro atoms. The smallest absolute Gasteiger partial charge is 0.175 e. The van der Waals surface area contributed by atoms with Crippen LogP contribution in [0.4, 0.5) is 16.0 Å². The SMILES string of the molecule is Cc1ccn(-c2ccc(N3CCN(c4ncc(Cl)cc4F)CC3)nn2)n1. The molecule has 0 radical (unpaired) electrons. The lowest BCUT2D eigenvalue weighted by Gasteiger charge is -2.35. The molecule has 134 valence electrons. The molecule has 0 bridgehead atoms. The Kier molecular flexibility index (Phi) is 4.42. The topological polar surface area (TPSA) is 63.0 Å². The molecule has 1 fully saturated rings. The van der Waals surface area contributed by atoms with Crippen LogP contribution in [0.25, 0.3) is 5.82 Å². The third-order valence-electron chi connectivity index (χ3n) is 4.29. The minimum absolute atomic E-state index is 0.299. The van der Waals surface area contributed by atoms with Crippen LogP contribution in [0.1, 0.15) is 5.69 Å². The van der Waals surface area contributed by atoms with Gasteiger partial charge in [-0.2, -0.15) is 5.10 Å². The van der Waals surface area contributed by atoms with Gasteiger partial charge in [0.2, 0.25) is 0 Å². The van der Waals surface area contributed by atoms with E-state index in [0.29, 0.717) is 42.8 Å². The first-order chi connectivity index (χ1) is 12.6. The molecule has 4 heterocycles. The predicted molar refractivity (Wildman–Crippen MR) is 97.5 cm³/mol. The number of rotatable bonds is 3. The minimum atomic E-state index is -0.399. The number of nitrogens with zero attached hydrogens (tertiary/aromatic N) is 7. The fourth-order valence-corrected chi connectivity index (χ4v) is 3.08. The highest BCUT2D eigenvalue weighted by Crippen LogP contribution is 2.22. The van der Waals surface area contributed by atoms with Crippen molar-refractivity contribution in [2.24, 2.45) is 0 Å². The van der Waals surface area contributed by atoms with Crippen LogP contribution in [0, 0.1) is 12.7 Å². The van der Waals surface area contributed by atoms with Crippen molar-refractivity contribution in [1.82, 2.24) is 25.0 Å². The fraction of sp³-hybridized carbons (Fsp3) is 0.294. The summed E-state index contributed by atoms with van der Waals surface area (Å²) in [5.41, 5.74) is 0.926. The van der Waals surface area contributed by atoms with E-state index in [2.05, 4.69) is 25.2 Å². The van der Waals surface area contributed by atoms with E-state index in [1.807, 2.05) is 36.2 Å². The number of pyridine rings is 1. The number of aryl methyl sites for hydroxylation is 1. The third kappa shape index (κ3) is 3.32. The van der Waals surface area contributed by atoms with Gasteiger partial charge in [0.1, 0.15) is 0 Å². The van der Waals surface area contributed by atoms with Crippen molar-refractivity contribution in [3.05, 3.63) is 53.2 Å². The zero-order valence-corrected chi connectivity index (χ0v) is 14.9. The van der Waals surface area contributed by atoms with Crippen LogP contribution in [-0.4, -0.2) is 51.1 Å². The monoisotopic (exact) mass is 373 g/mol. The van der Waals surface area contributed by atoms with Gasteiger partial charge in [0.15, 0.2) is 23.3 Å². The molecular weight excluding hydrogens is 357 g/mol. The molecule has 0 aromatic carbocycles. The molecule has 4 rings (SSSR count). The highest BCUT2D eigenvalue weighted by Gasteiger charge is 2.21. The Morgan fingerprint density at radius 2 is 1.69 bits per heavy atom. The molecule has 0 saturated carbocycles. The number of anilines is 2. The van der Waals surface area contributed by atoms with Crippen molar-refractivity contribution in [2.75, 3.05) is 36.0 Å². The van der Waals surface area contributed by atoms with Gasteiger partial charge in [-0.25, -0.2) is 14.1 Å². The molecule has 3 aromatic rings. The van der Waals surface area contributed by atoms with Crippen LogP contribution in [-0.2, 0) is 0 Å². The number of halogens is 2. The Morgan fingerprint density at radius 3 is 2.31 bits per heavy atom. The molecule has 1 aliphatic rings. The Labute approximate surface area is 155 Å². The Bertz CT molecular complexity index is 904. The van der Waals surface area contributed by atoms with Crippen LogP contribution >= 0.6 is 11.6 Å². The van der Waals surface area contributed by atoms with Gasteiger partial charge in [-0.05, 0) is 31.2 Å². The van der Waals surface area contributed by atoms with Crippen molar-refractivity contribution >= 4 is 23.2 Å². The van der Waals surface area contributed by atoms with Gasteiger partial charge in [-0.15, -0.1) is 10.2 Å². The fourth-order valence-electron chi connectivity index (χ4n) is 2.94. The number of aromatic nitrogens is 5. The van der Waals surface area contributed by atoms with Gasteiger partial charge in [0.05, 0.1) is 10.7 Å². The summed E-state index contributed by atoms with van der Waals surface area (Å²) in [6, 6.07) is 7.02. The lowest BCUT2D eigenvalue weighted by molar-refractivity contribution is 0.586. The van der Waals surface area contributed by atoms with E-state index in [0.717, 1.165) is 11.5 Å². The summed E-state index contributed by atoms with van der Waals surface area (Å²) in [7, 11) is 0. The van der Waals surface area contributed by atoms with Crippen molar-refractivity contribution in [3.63, 3.8) is 0 Å². The summed E-state index contributed by atoms with van der Waals surface area (Å²) >= 11 is 5.77. The normalized spacial score (nSPS) is 14.7. The second kappa shape index (κ2) is 6.87. The Morgan fingerprint density at radius 1 is 1.00 bits per heavy atom. The maximum absolute atomic E-state index is 14.0. The van der Waals surface area contributed by atoms with Crippen molar-refractivity contribution < 1.29 is 4.39 Å². The summed E-state index contributed by atoms with van der Waals surface area (Å²) < 4.78 is 15.7. The summed E-state index contributed by atoms with van der Waals surface area (Å²) in [6.45, 7) is 4.63. The van der Waals surface area contributed by atoms with E-state index < -0.39 is 5.82 Å². The lowest BCUT2D eigenvalue weighted by Crippen LogP contribution is -2.47. The van der Waals surface area contributed by atoms with E-state index in [1.165, 1.54) is 12.3 Å². The zero-order chi connectivity index (χ0) is 18.1. The van der Waals surface area contributed by atoms with Crippen LogP contribution in [0.5, 0.6) is 0 Å². The first-order valence-corrected chi connectivity index (χ1v) is 8.65. The molecule has 0 unspecified atom stereocenters.